The molecule has 1 heterocycles. The smallest absolute Gasteiger partial charge is 0.436 e. The third kappa shape index (κ3) is 6.37. The molecule has 0 amide bonds. The second-order valence-electron chi connectivity index (χ2n) is 5.57. The van der Waals surface area contributed by atoms with Crippen LogP contribution in [0.25, 0.3) is 0 Å². The highest BCUT2D eigenvalue weighted by Gasteiger charge is 2.73. The minimum Gasteiger partial charge on any atom is -0.436 e. The summed E-state index contributed by atoms with van der Waals surface area (Å²) in [5, 5.41) is 2.75. The van der Waals surface area contributed by atoms with E-state index in [-0.39, 0.29) is 5.75 Å². The van der Waals surface area contributed by atoms with E-state index in [4.69, 9.17) is 9.53 Å². The van der Waals surface area contributed by atoms with Gasteiger partial charge in [-0.05, 0) is 56.9 Å². The Morgan fingerprint density at radius 1 is 0.967 bits per heavy atom. The zero-order chi connectivity index (χ0) is 23.8. The first-order valence-electron chi connectivity index (χ1n) is 7.88. The molecule has 0 aliphatic carbocycles. The number of nitrogens with one attached hydrogen (secondary N) is 1. The summed E-state index contributed by atoms with van der Waals surface area (Å²) < 4.78 is 108. The largest absolute Gasteiger partial charge is 0.460 e. The van der Waals surface area contributed by atoms with Gasteiger partial charge in [0.2, 0.25) is 0 Å². The van der Waals surface area contributed by atoms with Crippen molar-refractivity contribution in [1.29, 1.82) is 0 Å². The van der Waals surface area contributed by atoms with Crippen LogP contribution in [0.5, 0.6) is 11.6 Å². The van der Waals surface area contributed by atoms with E-state index in [1.807, 2.05) is 20.9 Å². The van der Waals surface area contributed by atoms with Crippen molar-refractivity contribution in [2.45, 2.75) is 24.9 Å². The van der Waals surface area contributed by atoms with Crippen molar-refractivity contribution in [3.63, 3.8) is 0 Å². The summed E-state index contributed by atoms with van der Waals surface area (Å²) in [4.78, 5) is 11.6. The molecule has 2 rings (SSSR count). The fourth-order valence-electron chi connectivity index (χ4n) is 1.80. The van der Waals surface area contributed by atoms with E-state index in [9.17, 15) is 35.1 Å². The van der Waals surface area contributed by atoms with Gasteiger partial charge in [-0.3, -0.25) is 0 Å². The van der Waals surface area contributed by atoms with E-state index in [1.54, 1.807) is 6.92 Å². The number of alkyl halides is 7. The van der Waals surface area contributed by atoms with E-state index >= 15 is 0 Å². The second-order valence-corrected chi connectivity index (χ2v) is 5.57. The lowest BCUT2D eigenvalue weighted by Crippen LogP contribution is -2.49. The Hall–Kier alpha value is -2.76. The van der Waals surface area contributed by atoms with Crippen LogP contribution < -0.4 is 10.1 Å². The standard InChI is InChI=1S/C15H9F8NO.C2H7N.CH2O/c1-8-6-11(16)12(24-7-8)25-10-4-2-9(3-5-10)13(17,18)14(19,20)15(21,22)23;1-3-2;1-2/h2-7H,1H3;3H,1-2H3;1H2. The number of rotatable bonds is 4. The van der Waals surface area contributed by atoms with E-state index in [0.717, 1.165) is 6.07 Å². The maximum absolute atomic E-state index is 13.6. The molecule has 1 aromatic carbocycles. The molecule has 0 atom stereocenters. The van der Waals surface area contributed by atoms with Crippen LogP contribution in [0.15, 0.2) is 36.5 Å². The molecule has 0 aliphatic rings. The number of hydrogen-bond donors (Lipinski definition) is 1. The first kappa shape index (κ1) is 27.2. The van der Waals surface area contributed by atoms with Crippen LogP contribution in [0.2, 0.25) is 0 Å². The number of carbonyl (C=O) groups excluding carboxylic acids is 1. The lowest BCUT2D eigenvalue weighted by atomic mass is 10.0. The topological polar surface area (TPSA) is 51.2 Å². The van der Waals surface area contributed by atoms with E-state index in [0.29, 0.717) is 29.8 Å². The highest BCUT2D eigenvalue weighted by Crippen LogP contribution is 2.51. The molecule has 0 radical (unpaired) electrons. The predicted octanol–water partition coefficient (Wildman–Crippen LogP) is 5.26. The lowest BCUT2D eigenvalue weighted by molar-refractivity contribution is -0.359. The molecule has 2 aromatic rings. The van der Waals surface area contributed by atoms with Crippen molar-refractivity contribution >= 4 is 6.79 Å². The fourth-order valence-corrected chi connectivity index (χ4v) is 1.80. The van der Waals surface area contributed by atoms with Gasteiger partial charge in [0.05, 0.1) is 0 Å². The van der Waals surface area contributed by atoms with E-state index < -0.39 is 35.3 Å². The number of hydrogen-bond acceptors (Lipinski definition) is 4. The Bertz CT molecular complexity index is 796. The van der Waals surface area contributed by atoms with Gasteiger partial charge >= 0.3 is 18.0 Å². The Labute approximate surface area is 166 Å². The van der Waals surface area contributed by atoms with Crippen molar-refractivity contribution in [3.8, 4) is 11.6 Å². The quantitative estimate of drug-likeness (QED) is 0.651. The molecule has 0 saturated heterocycles. The van der Waals surface area contributed by atoms with Crippen molar-refractivity contribution in [2.75, 3.05) is 14.1 Å². The van der Waals surface area contributed by atoms with Gasteiger partial charge in [-0.2, -0.15) is 30.7 Å². The molecule has 4 nitrogen and oxygen atoms in total. The number of aryl methyl sites for hydroxylation is 1. The van der Waals surface area contributed by atoms with Crippen molar-refractivity contribution in [1.82, 2.24) is 10.3 Å². The minimum absolute atomic E-state index is 0.273. The normalized spacial score (nSPS) is 11.6. The van der Waals surface area contributed by atoms with Crippen LogP contribution in [0.3, 0.4) is 0 Å². The second kappa shape index (κ2) is 10.9. The molecule has 12 heteroatoms. The first-order valence-corrected chi connectivity index (χ1v) is 7.88. The number of aromatic nitrogens is 1. The zero-order valence-corrected chi connectivity index (χ0v) is 16.0. The van der Waals surface area contributed by atoms with Gasteiger partial charge in [0.25, 0.3) is 5.88 Å². The number of nitrogens with zero attached hydrogens (tertiary/aromatic N) is 1. The molecule has 168 valence electrons. The van der Waals surface area contributed by atoms with E-state index in [2.05, 4.69) is 10.3 Å². The van der Waals surface area contributed by atoms with Gasteiger partial charge in [0.1, 0.15) is 12.5 Å². The van der Waals surface area contributed by atoms with Gasteiger partial charge in [-0.1, -0.05) is 0 Å². The molecule has 0 saturated carbocycles. The van der Waals surface area contributed by atoms with Crippen LogP contribution in [-0.4, -0.2) is 38.0 Å². The van der Waals surface area contributed by atoms with Crippen LogP contribution in [0, 0.1) is 12.7 Å². The number of ether oxygens (including phenoxy) is 1. The average Bonchev–Trinajstić information content (AvgIpc) is 2.66. The minimum atomic E-state index is -6.43. The molecule has 1 aromatic heterocycles. The number of carbonyl (C=O) groups is 1. The molecular weight excluding hydrogens is 428 g/mol. The zero-order valence-electron chi connectivity index (χ0n) is 16.0. The number of pyridine rings is 1. The summed E-state index contributed by atoms with van der Waals surface area (Å²) in [6.07, 6.45) is -5.18. The van der Waals surface area contributed by atoms with Crippen molar-refractivity contribution in [2.24, 2.45) is 0 Å². The third-order valence-corrected chi connectivity index (χ3v) is 3.13. The molecule has 0 bridgehead atoms. The molecule has 0 fully saturated rings. The van der Waals surface area contributed by atoms with Crippen LogP contribution in [0.4, 0.5) is 35.1 Å². The van der Waals surface area contributed by atoms with Crippen LogP contribution in [-0.2, 0) is 10.7 Å². The molecule has 1 N–H and O–H groups in total. The predicted molar refractivity (Wildman–Crippen MR) is 92.4 cm³/mol. The monoisotopic (exact) mass is 446 g/mol. The molecule has 0 spiro atoms. The first-order chi connectivity index (χ1) is 13.8. The van der Waals surface area contributed by atoms with Crippen molar-refractivity contribution < 1.29 is 44.7 Å². The average molecular weight is 446 g/mol. The highest BCUT2D eigenvalue weighted by atomic mass is 19.4. The summed E-state index contributed by atoms with van der Waals surface area (Å²) in [5.41, 5.74) is -1.09. The fraction of sp³-hybridized carbons (Fsp3) is 0.333. The van der Waals surface area contributed by atoms with Crippen molar-refractivity contribution in [3.05, 3.63) is 53.5 Å². The summed E-state index contributed by atoms with van der Waals surface area (Å²) in [5.74, 6) is -13.4. The Morgan fingerprint density at radius 3 is 1.83 bits per heavy atom. The maximum Gasteiger partial charge on any atom is 0.460 e. The summed E-state index contributed by atoms with van der Waals surface area (Å²) >= 11 is 0. The SMILES string of the molecule is C=O.CNC.Cc1cnc(Oc2ccc(C(F)(F)C(F)(F)C(F)(F)F)cc2)c(F)c1. The van der Waals surface area contributed by atoms with Gasteiger partial charge in [0, 0.05) is 11.8 Å². The van der Waals surface area contributed by atoms with Gasteiger partial charge in [-0.25, -0.2) is 9.37 Å². The Balaban J connectivity index is 0.00000154. The Morgan fingerprint density at radius 2 is 1.43 bits per heavy atom. The number of halogens is 8. The molecule has 30 heavy (non-hydrogen) atoms. The molecule has 0 unspecified atom stereocenters. The van der Waals surface area contributed by atoms with Gasteiger partial charge in [0.15, 0.2) is 5.82 Å². The maximum atomic E-state index is 13.6. The highest BCUT2D eigenvalue weighted by molar-refractivity contribution is 5.34. The third-order valence-electron chi connectivity index (χ3n) is 3.13. The molecular formula is C18H18F8N2O2. The summed E-state index contributed by atoms with van der Waals surface area (Å²) in [6, 6.07) is 3.16. The van der Waals surface area contributed by atoms with Gasteiger partial charge in [-0.15, -0.1) is 0 Å². The lowest BCUT2D eigenvalue weighted by Gasteiger charge is -2.28. The van der Waals surface area contributed by atoms with Crippen LogP contribution >= 0.6 is 0 Å². The summed E-state index contributed by atoms with van der Waals surface area (Å²) in [6.45, 7) is 3.55. The molecule has 0 aliphatic heterocycles. The Kier molecular flexibility index (Phi) is 9.86. The number of benzene rings is 1. The summed E-state index contributed by atoms with van der Waals surface area (Å²) in [7, 11) is 3.75. The van der Waals surface area contributed by atoms with Gasteiger partial charge < -0.3 is 14.8 Å². The van der Waals surface area contributed by atoms with E-state index in [1.165, 1.54) is 6.20 Å². The van der Waals surface area contributed by atoms with Crippen LogP contribution in [0.1, 0.15) is 11.1 Å².